The average molecular weight is 254 g/mol. The lowest BCUT2D eigenvalue weighted by molar-refractivity contribution is 0.0134. The standard InChI is InChI=1S/C15H30N2O/c1-12(2)14-6-5-13(18)11-15(14)17-8-4-7-16(3)9-10-17/h12-15,18H,4-11H2,1-3H3. The molecule has 1 saturated heterocycles. The lowest BCUT2D eigenvalue weighted by Gasteiger charge is -2.43. The molecule has 2 fully saturated rings. The van der Waals surface area contributed by atoms with Gasteiger partial charge >= 0.3 is 0 Å². The van der Waals surface area contributed by atoms with Crippen LogP contribution in [0.15, 0.2) is 0 Å². The van der Waals surface area contributed by atoms with Gasteiger partial charge < -0.3 is 10.0 Å². The highest BCUT2D eigenvalue weighted by atomic mass is 16.3. The summed E-state index contributed by atoms with van der Waals surface area (Å²) in [4.78, 5) is 5.10. The molecule has 1 aliphatic heterocycles. The van der Waals surface area contributed by atoms with E-state index >= 15 is 0 Å². The molecule has 0 bridgehead atoms. The van der Waals surface area contributed by atoms with Gasteiger partial charge in [0.05, 0.1) is 6.10 Å². The summed E-state index contributed by atoms with van der Waals surface area (Å²) in [6.45, 7) is 9.48. The lowest BCUT2D eigenvalue weighted by atomic mass is 9.76. The Morgan fingerprint density at radius 1 is 1.06 bits per heavy atom. The zero-order valence-electron chi connectivity index (χ0n) is 12.3. The van der Waals surface area contributed by atoms with E-state index in [9.17, 15) is 5.11 Å². The normalized spacial score (nSPS) is 36.8. The molecule has 3 atom stereocenters. The van der Waals surface area contributed by atoms with Crippen LogP contribution < -0.4 is 0 Å². The van der Waals surface area contributed by atoms with Crippen molar-refractivity contribution in [3.63, 3.8) is 0 Å². The van der Waals surface area contributed by atoms with Gasteiger partial charge in [-0.25, -0.2) is 0 Å². The quantitative estimate of drug-likeness (QED) is 0.814. The molecular weight excluding hydrogens is 224 g/mol. The van der Waals surface area contributed by atoms with Gasteiger partial charge in [0.2, 0.25) is 0 Å². The molecule has 3 unspecified atom stereocenters. The summed E-state index contributed by atoms with van der Waals surface area (Å²) < 4.78 is 0. The predicted octanol–water partition coefficient (Wildman–Crippen LogP) is 1.81. The smallest absolute Gasteiger partial charge is 0.0555 e. The topological polar surface area (TPSA) is 26.7 Å². The van der Waals surface area contributed by atoms with E-state index in [4.69, 9.17) is 0 Å². The highest BCUT2D eigenvalue weighted by Gasteiger charge is 2.35. The number of hydrogen-bond donors (Lipinski definition) is 1. The van der Waals surface area contributed by atoms with E-state index in [1.54, 1.807) is 0 Å². The van der Waals surface area contributed by atoms with E-state index < -0.39 is 0 Å². The first-order valence-corrected chi connectivity index (χ1v) is 7.68. The van der Waals surface area contributed by atoms with Gasteiger partial charge in [-0.2, -0.15) is 0 Å². The molecule has 3 heteroatoms. The van der Waals surface area contributed by atoms with Crippen LogP contribution in [0.5, 0.6) is 0 Å². The molecule has 3 nitrogen and oxygen atoms in total. The van der Waals surface area contributed by atoms with Crippen molar-refractivity contribution in [1.82, 2.24) is 9.80 Å². The molecule has 106 valence electrons. The van der Waals surface area contributed by atoms with Crippen molar-refractivity contribution in [1.29, 1.82) is 0 Å². The van der Waals surface area contributed by atoms with Gasteiger partial charge in [-0.3, -0.25) is 4.90 Å². The van der Waals surface area contributed by atoms with Crippen LogP contribution in [0, 0.1) is 11.8 Å². The van der Waals surface area contributed by atoms with E-state index in [0.717, 1.165) is 24.7 Å². The maximum absolute atomic E-state index is 10.00. The lowest BCUT2D eigenvalue weighted by Crippen LogP contribution is -2.48. The summed E-state index contributed by atoms with van der Waals surface area (Å²) >= 11 is 0. The largest absolute Gasteiger partial charge is 0.393 e. The van der Waals surface area contributed by atoms with Crippen LogP contribution in [-0.4, -0.2) is 60.3 Å². The van der Waals surface area contributed by atoms with Crippen LogP contribution in [0.1, 0.15) is 39.5 Å². The van der Waals surface area contributed by atoms with Crippen molar-refractivity contribution >= 4 is 0 Å². The fraction of sp³-hybridized carbons (Fsp3) is 1.00. The summed E-state index contributed by atoms with van der Waals surface area (Å²) in [5.41, 5.74) is 0. The fourth-order valence-electron chi connectivity index (χ4n) is 3.74. The number of nitrogens with zero attached hydrogens (tertiary/aromatic N) is 2. The molecule has 2 rings (SSSR count). The molecule has 1 saturated carbocycles. The van der Waals surface area contributed by atoms with Crippen LogP contribution in [0.25, 0.3) is 0 Å². The number of hydrogen-bond acceptors (Lipinski definition) is 3. The first-order valence-electron chi connectivity index (χ1n) is 7.68. The van der Waals surface area contributed by atoms with Crippen molar-refractivity contribution in [3.05, 3.63) is 0 Å². The molecule has 0 radical (unpaired) electrons. The first-order chi connectivity index (χ1) is 8.58. The van der Waals surface area contributed by atoms with Crippen molar-refractivity contribution < 1.29 is 5.11 Å². The van der Waals surface area contributed by atoms with E-state index in [1.165, 1.54) is 39.0 Å². The summed E-state index contributed by atoms with van der Waals surface area (Å²) in [6.07, 6.45) is 4.41. The Hall–Kier alpha value is -0.120. The van der Waals surface area contributed by atoms with Crippen LogP contribution in [-0.2, 0) is 0 Å². The minimum atomic E-state index is -0.0639. The monoisotopic (exact) mass is 254 g/mol. The Labute approximate surface area is 112 Å². The zero-order chi connectivity index (χ0) is 13.1. The summed E-state index contributed by atoms with van der Waals surface area (Å²) in [5.74, 6) is 1.51. The van der Waals surface area contributed by atoms with Crippen LogP contribution in [0.4, 0.5) is 0 Å². The maximum Gasteiger partial charge on any atom is 0.0555 e. The van der Waals surface area contributed by atoms with Crippen molar-refractivity contribution in [2.24, 2.45) is 11.8 Å². The van der Waals surface area contributed by atoms with Crippen LogP contribution in [0.3, 0.4) is 0 Å². The van der Waals surface area contributed by atoms with E-state index in [2.05, 4.69) is 30.7 Å². The van der Waals surface area contributed by atoms with E-state index in [-0.39, 0.29) is 6.10 Å². The van der Waals surface area contributed by atoms with Gasteiger partial charge in [-0.05, 0) is 57.7 Å². The molecule has 1 N–H and O–H groups in total. The molecule has 0 amide bonds. The van der Waals surface area contributed by atoms with Crippen molar-refractivity contribution in [2.45, 2.75) is 51.7 Å². The van der Waals surface area contributed by atoms with Crippen LogP contribution >= 0.6 is 0 Å². The van der Waals surface area contributed by atoms with Gasteiger partial charge in [0.15, 0.2) is 0 Å². The zero-order valence-corrected chi connectivity index (χ0v) is 12.3. The summed E-state index contributed by atoms with van der Waals surface area (Å²) in [7, 11) is 2.22. The molecule has 0 aromatic rings. The predicted molar refractivity (Wildman–Crippen MR) is 75.7 cm³/mol. The third-order valence-electron chi connectivity index (χ3n) is 4.92. The Kier molecular flexibility index (Phi) is 5.05. The van der Waals surface area contributed by atoms with E-state index in [1.807, 2.05) is 0 Å². The number of likely N-dealkylation sites (N-methyl/N-ethyl adjacent to an activating group) is 1. The Morgan fingerprint density at radius 2 is 1.83 bits per heavy atom. The number of rotatable bonds is 2. The second-order valence-electron chi connectivity index (χ2n) is 6.63. The van der Waals surface area contributed by atoms with Gasteiger partial charge in [-0.1, -0.05) is 13.8 Å². The molecule has 0 spiro atoms. The molecule has 1 heterocycles. The number of aliphatic hydroxyl groups is 1. The molecule has 1 aliphatic carbocycles. The molecule has 2 aliphatic rings. The van der Waals surface area contributed by atoms with Gasteiger partial charge in [0, 0.05) is 19.1 Å². The maximum atomic E-state index is 10.00. The fourth-order valence-corrected chi connectivity index (χ4v) is 3.74. The average Bonchev–Trinajstić information content (AvgIpc) is 2.53. The van der Waals surface area contributed by atoms with Crippen LogP contribution in [0.2, 0.25) is 0 Å². The van der Waals surface area contributed by atoms with Gasteiger partial charge in [0.1, 0.15) is 0 Å². The van der Waals surface area contributed by atoms with Crippen molar-refractivity contribution in [2.75, 3.05) is 33.2 Å². The Balaban J connectivity index is 2.02. The third-order valence-corrected chi connectivity index (χ3v) is 4.92. The molecule has 18 heavy (non-hydrogen) atoms. The third kappa shape index (κ3) is 3.46. The highest BCUT2D eigenvalue weighted by Crippen LogP contribution is 2.34. The van der Waals surface area contributed by atoms with E-state index in [0.29, 0.717) is 6.04 Å². The second-order valence-corrected chi connectivity index (χ2v) is 6.63. The molecule has 0 aromatic carbocycles. The molecular formula is C15H30N2O. The molecule has 0 aromatic heterocycles. The SMILES string of the molecule is CC(C)C1CCC(O)CC1N1CCCN(C)CC1. The van der Waals surface area contributed by atoms with Gasteiger partial charge in [-0.15, -0.1) is 0 Å². The number of aliphatic hydroxyl groups excluding tert-OH is 1. The minimum absolute atomic E-state index is 0.0639. The Morgan fingerprint density at radius 3 is 2.56 bits per heavy atom. The summed E-state index contributed by atoms with van der Waals surface area (Å²) in [5, 5.41) is 10.00. The first kappa shape index (κ1) is 14.3. The summed E-state index contributed by atoms with van der Waals surface area (Å²) in [6, 6.07) is 0.611. The van der Waals surface area contributed by atoms with Gasteiger partial charge in [0.25, 0.3) is 0 Å². The van der Waals surface area contributed by atoms with Crippen molar-refractivity contribution in [3.8, 4) is 0 Å². The Bertz CT molecular complexity index is 257. The minimum Gasteiger partial charge on any atom is -0.393 e. The highest BCUT2D eigenvalue weighted by molar-refractivity contribution is 4.89. The second kappa shape index (κ2) is 6.36.